The van der Waals surface area contributed by atoms with Crippen molar-refractivity contribution < 1.29 is 9.21 Å². The van der Waals surface area contributed by atoms with Crippen molar-refractivity contribution >= 4 is 11.9 Å². The number of hydrogen-bond acceptors (Lipinski definition) is 5. The number of carbonyl (C=O) groups is 1. The molecule has 0 aliphatic heterocycles. The van der Waals surface area contributed by atoms with E-state index in [0.717, 1.165) is 11.3 Å². The largest absolute Gasteiger partial charge is 0.407 e. The molecule has 25 heavy (non-hydrogen) atoms. The molecule has 1 amide bonds. The van der Waals surface area contributed by atoms with Gasteiger partial charge in [-0.15, -0.1) is 5.10 Å². The lowest BCUT2D eigenvalue weighted by Crippen LogP contribution is -2.17. The summed E-state index contributed by atoms with van der Waals surface area (Å²) in [5.41, 5.74) is 4.80. The zero-order valence-corrected chi connectivity index (χ0v) is 14.8. The minimum atomic E-state index is -0.316. The third kappa shape index (κ3) is 3.76. The summed E-state index contributed by atoms with van der Waals surface area (Å²) in [5, 5.41) is 14.8. The van der Waals surface area contributed by atoms with E-state index in [1.165, 1.54) is 11.1 Å². The smallest absolute Gasteiger partial charge is 0.322 e. The molecule has 7 heteroatoms. The summed E-state index contributed by atoms with van der Waals surface area (Å²) >= 11 is 0. The van der Waals surface area contributed by atoms with Crippen LogP contribution in [0.1, 0.15) is 45.7 Å². The highest BCUT2D eigenvalue weighted by molar-refractivity contribution is 6.01. The summed E-state index contributed by atoms with van der Waals surface area (Å²) < 4.78 is 7.18. The van der Waals surface area contributed by atoms with Gasteiger partial charge in [-0.05, 0) is 50.5 Å². The van der Waals surface area contributed by atoms with Gasteiger partial charge in [0, 0.05) is 6.54 Å². The van der Waals surface area contributed by atoms with Gasteiger partial charge in [-0.3, -0.25) is 14.8 Å². The van der Waals surface area contributed by atoms with Crippen molar-refractivity contribution in [1.29, 1.82) is 0 Å². The number of carbonyl (C=O) groups excluding carboxylic acids is 1. The van der Waals surface area contributed by atoms with Gasteiger partial charge in [0.1, 0.15) is 5.69 Å². The van der Waals surface area contributed by atoms with Crippen molar-refractivity contribution in [3.8, 4) is 0 Å². The topological polar surface area (TPSA) is 85.8 Å². The van der Waals surface area contributed by atoms with Crippen LogP contribution in [0.25, 0.3) is 0 Å². The molecule has 0 aliphatic rings. The number of nitrogens with zero attached hydrogens (tertiary/aromatic N) is 4. The van der Waals surface area contributed by atoms with Crippen LogP contribution in [0.5, 0.6) is 0 Å². The Bertz CT molecular complexity index is 910. The summed E-state index contributed by atoms with van der Waals surface area (Å²) in [6.45, 7) is 8.52. The Hall–Kier alpha value is -2.96. The molecule has 1 aromatic carbocycles. The highest BCUT2D eigenvalue weighted by Crippen LogP contribution is 2.15. The van der Waals surface area contributed by atoms with Crippen molar-refractivity contribution in [3.63, 3.8) is 0 Å². The molecule has 0 bridgehead atoms. The average Bonchev–Trinajstić information content (AvgIpc) is 3.17. The lowest BCUT2D eigenvalue weighted by molar-refractivity contribution is 0.101. The van der Waals surface area contributed by atoms with Crippen LogP contribution in [0.3, 0.4) is 0 Å². The highest BCUT2D eigenvalue weighted by Gasteiger charge is 2.16. The van der Waals surface area contributed by atoms with E-state index in [9.17, 15) is 4.79 Å². The summed E-state index contributed by atoms with van der Waals surface area (Å²) in [4.78, 5) is 12.4. The van der Waals surface area contributed by atoms with Gasteiger partial charge < -0.3 is 4.42 Å². The Labute approximate surface area is 146 Å². The normalized spacial score (nSPS) is 10.9. The van der Waals surface area contributed by atoms with Gasteiger partial charge in [-0.25, -0.2) is 0 Å². The maximum atomic E-state index is 12.4. The number of aryl methyl sites for hydroxylation is 4. The first-order valence-electron chi connectivity index (χ1n) is 8.20. The van der Waals surface area contributed by atoms with Gasteiger partial charge in [-0.2, -0.15) is 5.10 Å². The van der Waals surface area contributed by atoms with Gasteiger partial charge in [0.05, 0.1) is 12.1 Å². The monoisotopic (exact) mass is 339 g/mol. The number of benzene rings is 1. The second kappa shape index (κ2) is 6.88. The minimum absolute atomic E-state index is 0.0883. The van der Waals surface area contributed by atoms with Crippen LogP contribution in [0, 0.1) is 20.8 Å². The maximum absolute atomic E-state index is 12.4. The molecule has 0 unspecified atom stereocenters. The van der Waals surface area contributed by atoms with Crippen LogP contribution >= 0.6 is 0 Å². The molecule has 3 aromatic rings. The lowest BCUT2D eigenvalue weighted by Gasteiger charge is -2.03. The first-order valence-corrected chi connectivity index (χ1v) is 8.20. The van der Waals surface area contributed by atoms with E-state index in [-0.39, 0.29) is 11.9 Å². The number of nitrogens with one attached hydrogen (secondary N) is 1. The number of rotatable bonds is 5. The standard InChI is InChI=1S/C18H21N5O2/c1-5-23-15(9-13(4)22-23)17(24)19-18-21-20-16(25-18)10-14-7-6-11(2)12(3)8-14/h6-9H,5,10H2,1-4H3,(H,19,21,24). The third-order valence-electron chi connectivity index (χ3n) is 4.05. The van der Waals surface area contributed by atoms with Crippen LogP contribution in [0.2, 0.25) is 0 Å². The summed E-state index contributed by atoms with van der Waals surface area (Å²) in [6, 6.07) is 8.02. The van der Waals surface area contributed by atoms with E-state index >= 15 is 0 Å². The number of anilines is 1. The molecule has 0 radical (unpaired) electrons. The van der Waals surface area contributed by atoms with Crippen molar-refractivity contribution in [2.24, 2.45) is 0 Å². The summed E-state index contributed by atoms with van der Waals surface area (Å²) in [5.74, 6) is 0.141. The fourth-order valence-electron chi connectivity index (χ4n) is 2.59. The Morgan fingerprint density at radius 3 is 2.68 bits per heavy atom. The molecule has 2 heterocycles. The van der Waals surface area contributed by atoms with Crippen molar-refractivity contribution in [2.75, 3.05) is 5.32 Å². The highest BCUT2D eigenvalue weighted by atomic mass is 16.4. The fraction of sp³-hybridized carbons (Fsp3) is 0.333. The molecule has 0 atom stereocenters. The quantitative estimate of drug-likeness (QED) is 0.772. The van der Waals surface area contributed by atoms with E-state index in [2.05, 4.69) is 46.6 Å². The number of amides is 1. The van der Waals surface area contributed by atoms with Gasteiger partial charge in [0.2, 0.25) is 5.89 Å². The predicted octanol–water partition coefficient (Wildman–Crippen LogP) is 3.05. The zero-order chi connectivity index (χ0) is 18.0. The third-order valence-corrected chi connectivity index (χ3v) is 4.05. The van der Waals surface area contributed by atoms with E-state index in [0.29, 0.717) is 24.6 Å². The van der Waals surface area contributed by atoms with Crippen LogP contribution in [-0.2, 0) is 13.0 Å². The van der Waals surface area contributed by atoms with E-state index in [1.807, 2.05) is 19.9 Å². The maximum Gasteiger partial charge on any atom is 0.322 e. The van der Waals surface area contributed by atoms with Crippen LogP contribution < -0.4 is 5.32 Å². The van der Waals surface area contributed by atoms with Crippen LogP contribution in [0.15, 0.2) is 28.7 Å². The van der Waals surface area contributed by atoms with Crippen molar-refractivity contribution in [3.05, 3.63) is 58.2 Å². The predicted molar refractivity (Wildman–Crippen MR) is 93.6 cm³/mol. The minimum Gasteiger partial charge on any atom is -0.407 e. The average molecular weight is 339 g/mol. The number of aromatic nitrogens is 4. The summed E-state index contributed by atoms with van der Waals surface area (Å²) in [6.07, 6.45) is 0.524. The SMILES string of the molecule is CCn1nc(C)cc1C(=O)Nc1nnc(Cc2ccc(C)c(C)c2)o1. The van der Waals surface area contributed by atoms with Gasteiger partial charge in [-0.1, -0.05) is 23.3 Å². The molecular weight excluding hydrogens is 318 g/mol. The van der Waals surface area contributed by atoms with Gasteiger partial charge in [0.25, 0.3) is 5.91 Å². The number of hydrogen-bond donors (Lipinski definition) is 1. The van der Waals surface area contributed by atoms with Gasteiger partial charge in [0.15, 0.2) is 0 Å². The van der Waals surface area contributed by atoms with Gasteiger partial charge >= 0.3 is 6.01 Å². The van der Waals surface area contributed by atoms with E-state index in [1.54, 1.807) is 10.7 Å². The molecule has 2 aromatic heterocycles. The Morgan fingerprint density at radius 1 is 1.16 bits per heavy atom. The van der Waals surface area contributed by atoms with Crippen LogP contribution in [-0.4, -0.2) is 25.9 Å². The Morgan fingerprint density at radius 2 is 1.96 bits per heavy atom. The fourth-order valence-corrected chi connectivity index (χ4v) is 2.59. The first-order chi connectivity index (χ1) is 12.0. The Balaban J connectivity index is 1.70. The van der Waals surface area contributed by atoms with Crippen molar-refractivity contribution in [2.45, 2.75) is 40.7 Å². The molecule has 0 aliphatic carbocycles. The molecule has 130 valence electrons. The second-order valence-corrected chi connectivity index (χ2v) is 6.04. The first kappa shape index (κ1) is 16.9. The molecule has 0 spiro atoms. The lowest BCUT2D eigenvalue weighted by atomic mass is 10.0. The molecule has 3 rings (SSSR count). The van der Waals surface area contributed by atoms with E-state index in [4.69, 9.17) is 4.42 Å². The molecule has 0 fully saturated rings. The van der Waals surface area contributed by atoms with Crippen molar-refractivity contribution in [1.82, 2.24) is 20.0 Å². The molecule has 0 saturated heterocycles. The zero-order valence-electron chi connectivity index (χ0n) is 14.8. The molecule has 0 saturated carbocycles. The summed E-state index contributed by atoms with van der Waals surface area (Å²) in [7, 11) is 0. The Kier molecular flexibility index (Phi) is 4.65. The molecule has 7 nitrogen and oxygen atoms in total. The van der Waals surface area contributed by atoms with Crippen LogP contribution in [0.4, 0.5) is 6.01 Å². The molecular formula is C18H21N5O2. The molecule has 1 N–H and O–H groups in total. The second-order valence-electron chi connectivity index (χ2n) is 6.04. The van der Waals surface area contributed by atoms with E-state index < -0.39 is 0 Å².